The highest BCUT2D eigenvalue weighted by Gasteiger charge is 2.60. The van der Waals surface area contributed by atoms with Gasteiger partial charge in [-0.15, -0.1) is 0 Å². The van der Waals surface area contributed by atoms with Crippen LogP contribution in [-0.2, 0) is 0 Å². The molecule has 3 fully saturated rings. The van der Waals surface area contributed by atoms with Crippen LogP contribution >= 0.6 is 0 Å². The van der Waals surface area contributed by atoms with Crippen molar-refractivity contribution in [2.45, 2.75) is 110 Å². The monoisotopic (exact) mass is 416 g/mol. The molecule has 0 radical (unpaired) electrons. The number of fused-ring (bicyclic) bond motifs is 1. The van der Waals surface area contributed by atoms with Gasteiger partial charge in [0.1, 0.15) is 0 Å². The SMILES string of the molecule is C=C1CC[C@@H](O)C/C1=C/C=C1\CCC[C@@]2(C)[C@H]1CC[C@]2(O)[C@H](C)CC(O)CC(C)C. The predicted molar refractivity (Wildman–Crippen MR) is 124 cm³/mol. The van der Waals surface area contributed by atoms with Gasteiger partial charge in [0.05, 0.1) is 17.8 Å². The molecule has 3 nitrogen and oxygen atoms in total. The van der Waals surface area contributed by atoms with Crippen LogP contribution in [0, 0.1) is 23.2 Å². The van der Waals surface area contributed by atoms with Crippen LogP contribution in [0.15, 0.2) is 35.5 Å². The molecule has 0 aromatic heterocycles. The molecule has 0 aliphatic heterocycles. The molecular weight excluding hydrogens is 372 g/mol. The molecular formula is C27H44O3. The zero-order valence-electron chi connectivity index (χ0n) is 19.7. The Hall–Kier alpha value is -0.900. The Labute approximate surface area is 184 Å². The molecule has 3 heteroatoms. The summed E-state index contributed by atoms with van der Waals surface area (Å²) >= 11 is 0. The molecule has 3 N–H and O–H groups in total. The summed E-state index contributed by atoms with van der Waals surface area (Å²) in [7, 11) is 0. The topological polar surface area (TPSA) is 60.7 Å². The van der Waals surface area contributed by atoms with Crippen molar-refractivity contribution in [3.05, 3.63) is 35.5 Å². The van der Waals surface area contributed by atoms with Crippen molar-refractivity contribution in [1.29, 1.82) is 0 Å². The first-order valence-electron chi connectivity index (χ1n) is 12.2. The van der Waals surface area contributed by atoms with E-state index in [4.69, 9.17) is 0 Å². The molecule has 3 rings (SSSR count). The highest BCUT2D eigenvalue weighted by molar-refractivity contribution is 5.36. The van der Waals surface area contributed by atoms with E-state index in [0.29, 0.717) is 24.7 Å². The second kappa shape index (κ2) is 9.30. The van der Waals surface area contributed by atoms with Gasteiger partial charge in [-0.05, 0) is 87.5 Å². The van der Waals surface area contributed by atoms with Crippen LogP contribution in [-0.4, -0.2) is 33.1 Å². The van der Waals surface area contributed by atoms with Crippen LogP contribution in [0.5, 0.6) is 0 Å². The maximum atomic E-state index is 11.9. The van der Waals surface area contributed by atoms with Crippen LogP contribution in [0.1, 0.15) is 91.9 Å². The van der Waals surface area contributed by atoms with Crippen molar-refractivity contribution < 1.29 is 15.3 Å². The maximum absolute atomic E-state index is 11.9. The molecule has 3 aliphatic rings. The van der Waals surface area contributed by atoms with Gasteiger partial charge in [0, 0.05) is 5.41 Å². The van der Waals surface area contributed by atoms with Crippen molar-refractivity contribution >= 4 is 0 Å². The van der Waals surface area contributed by atoms with E-state index in [2.05, 4.69) is 46.4 Å². The Kier molecular flexibility index (Phi) is 7.37. The molecule has 0 aromatic rings. The van der Waals surface area contributed by atoms with Gasteiger partial charge in [-0.2, -0.15) is 0 Å². The normalized spacial score (nSPS) is 39.5. The molecule has 30 heavy (non-hydrogen) atoms. The van der Waals surface area contributed by atoms with Gasteiger partial charge in [-0.25, -0.2) is 0 Å². The summed E-state index contributed by atoms with van der Waals surface area (Å²) in [6, 6.07) is 0. The van der Waals surface area contributed by atoms with E-state index in [0.717, 1.165) is 56.9 Å². The summed E-state index contributed by atoms with van der Waals surface area (Å²) in [5.74, 6) is 0.964. The van der Waals surface area contributed by atoms with Gasteiger partial charge in [-0.3, -0.25) is 0 Å². The second-order valence-electron chi connectivity index (χ2n) is 11.1. The lowest BCUT2D eigenvalue weighted by Gasteiger charge is -2.50. The second-order valence-corrected chi connectivity index (χ2v) is 11.1. The molecule has 0 spiro atoms. The van der Waals surface area contributed by atoms with Gasteiger partial charge in [0.15, 0.2) is 0 Å². The lowest BCUT2D eigenvalue weighted by molar-refractivity contribution is -0.121. The Balaban J connectivity index is 1.78. The van der Waals surface area contributed by atoms with E-state index < -0.39 is 5.60 Å². The quantitative estimate of drug-likeness (QED) is 0.520. The van der Waals surface area contributed by atoms with Gasteiger partial charge >= 0.3 is 0 Å². The van der Waals surface area contributed by atoms with Crippen molar-refractivity contribution in [1.82, 2.24) is 0 Å². The summed E-state index contributed by atoms with van der Waals surface area (Å²) in [6.45, 7) is 12.9. The minimum atomic E-state index is -0.715. The predicted octanol–water partition coefficient (Wildman–Crippen LogP) is 5.70. The number of hydrogen-bond donors (Lipinski definition) is 3. The molecule has 170 valence electrons. The van der Waals surface area contributed by atoms with Gasteiger partial charge in [-0.1, -0.05) is 57.6 Å². The van der Waals surface area contributed by atoms with Gasteiger partial charge < -0.3 is 15.3 Å². The lowest BCUT2D eigenvalue weighted by atomic mass is 9.58. The third-order valence-corrected chi connectivity index (χ3v) is 8.55. The van der Waals surface area contributed by atoms with E-state index in [9.17, 15) is 15.3 Å². The summed E-state index contributed by atoms with van der Waals surface area (Å²) in [4.78, 5) is 0. The van der Waals surface area contributed by atoms with Crippen LogP contribution in [0.2, 0.25) is 0 Å². The zero-order chi connectivity index (χ0) is 22.1. The molecule has 0 saturated heterocycles. The van der Waals surface area contributed by atoms with Crippen LogP contribution in [0.25, 0.3) is 0 Å². The summed E-state index contributed by atoms with van der Waals surface area (Å²) in [5.41, 5.74) is 2.95. The molecule has 0 aromatic carbocycles. The summed E-state index contributed by atoms with van der Waals surface area (Å²) in [5, 5.41) is 32.4. The number of aliphatic hydroxyl groups is 3. The fourth-order valence-corrected chi connectivity index (χ4v) is 6.74. The Morgan fingerprint density at radius 1 is 1.10 bits per heavy atom. The van der Waals surface area contributed by atoms with Crippen LogP contribution in [0.3, 0.4) is 0 Å². The van der Waals surface area contributed by atoms with Crippen LogP contribution < -0.4 is 0 Å². The Bertz CT molecular complexity index is 690. The maximum Gasteiger partial charge on any atom is 0.0733 e. The summed E-state index contributed by atoms with van der Waals surface area (Å²) < 4.78 is 0. The Morgan fingerprint density at radius 2 is 1.83 bits per heavy atom. The molecule has 6 atom stereocenters. The molecule has 1 unspecified atom stereocenters. The van der Waals surface area contributed by atoms with Crippen LogP contribution in [0.4, 0.5) is 0 Å². The number of allylic oxidation sites excluding steroid dienone is 4. The van der Waals surface area contributed by atoms with Crippen molar-refractivity contribution in [3.8, 4) is 0 Å². The van der Waals surface area contributed by atoms with Crippen molar-refractivity contribution in [2.24, 2.45) is 23.2 Å². The van der Waals surface area contributed by atoms with Gasteiger partial charge in [0.25, 0.3) is 0 Å². The minimum Gasteiger partial charge on any atom is -0.393 e. The summed E-state index contributed by atoms with van der Waals surface area (Å²) in [6.07, 6.45) is 12.9. The first kappa shape index (κ1) is 23.8. The number of hydrogen-bond acceptors (Lipinski definition) is 3. The highest BCUT2D eigenvalue weighted by atomic mass is 16.3. The number of aliphatic hydroxyl groups excluding tert-OH is 2. The smallest absolute Gasteiger partial charge is 0.0733 e. The molecule has 3 saturated carbocycles. The fraction of sp³-hybridized carbons (Fsp3) is 0.778. The average Bonchev–Trinajstić information content (AvgIpc) is 2.94. The van der Waals surface area contributed by atoms with Crippen molar-refractivity contribution in [2.75, 3.05) is 0 Å². The fourth-order valence-electron chi connectivity index (χ4n) is 6.74. The molecule has 0 bridgehead atoms. The lowest BCUT2D eigenvalue weighted by Crippen LogP contribution is -2.51. The van der Waals surface area contributed by atoms with E-state index in [1.807, 2.05) is 0 Å². The standard InChI is InChI=1S/C27H44O3/c1-18(2)15-24(29)16-20(4)27(30)14-12-25-21(7-6-13-26(25,27)5)9-10-22-17-23(28)11-8-19(22)3/h9-10,18,20,23-25,28-30H,3,6-8,11-17H2,1-2,4-5H3/b21-9+,22-10-/t20-,23-,24?,25+,26+,27+/m1/s1. The van der Waals surface area contributed by atoms with E-state index in [1.165, 1.54) is 11.1 Å². The molecule has 0 amide bonds. The van der Waals surface area contributed by atoms with Gasteiger partial charge in [0.2, 0.25) is 0 Å². The molecule has 0 heterocycles. The first-order chi connectivity index (χ1) is 14.1. The minimum absolute atomic E-state index is 0.0900. The van der Waals surface area contributed by atoms with Crippen molar-refractivity contribution in [3.63, 3.8) is 0 Å². The third kappa shape index (κ3) is 4.64. The highest BCUT2D eigenvalue weighted by Crippen LogP contribution is 2.62. The zero-order valence-corrected chi connectivity index (χ0v) is 19.7. The Morgan fingerprint density at radius 3 is 2.53 bits per heavy atom. The van der Waals surface area contributed by atoms with E-state index >= 15 is 0 Å². The molecule has 3 aliphatic carbocycles. The van der Waals surface area contributed by atoms with E-state index in [-0.39, 0.29) is 23.5 Å². The van der Waals surface area contributed by atoms with E-state index in [1.54, 1.807) is 0 Å². The average molecular weight is 417 g/mol. The third-order valence-electron chi connectivity index (χ3n) is 8.55. The largest absolute Gasteiger partial charge is 0.393 e. The first-order valence-corrected chi connectivity index (χ1v) is 12.2. The number of rotatable bonds is 6.